The Morgan fingerprint density at radius 1 is 1.33 bits per heavy atom. The van der Waals surface area contributed by atoms with Crippen molar-refractivity contribution in [2.75, 3.05) is 7.05 Å². The molecule has 21 heavy (non-hydrogen) atoms. The minimum absolute atomic E-state index is 0.525. The lowest BCUT2D eigenvalue weighted by atomic mass is 9.91. The molecule has 0 amide bonds. The Balaban J connectivity index is 1.85. The topological polar surface area (TPSA) is 34.8 Å². The third kappa shape index (κ3) is 2.77. The Hall–Kier alpha value is -1.55. The Bertz CT molecular complexity index is 608. The van der Waals surface area contributed by atoms with Gasteiger partial charge in [0.25, 0.3) is 0 Å². The Kier molecular flexibility index (Phi) is 4.15. The molecule has 3 rings (SSSR count). The van der Waals surface area contributed by atoms with Crippen molar-refractivity contribution in [3.8, 4) is 0 Å². The molecule has 0 saturated heterocycles. The summed E-state index contributed by atoms with van der Waals surface area (Å²) in [5, 5.41) is 8.09. The zero-order chi connectivity index (χ0) is 14.8. The molecule has 0 aromatic carbocycles. The zero-order valence-electron chi connectivity index (χ0n) is 13.4. The van der Waals surface area contributed by atoms with E-state index in [1.54, 1.807) is 0 Å². The van der Waals surface area contributed by atoms with E-state index >= 15 is 0 Å². The number of hydrogen-bond acceptors (Lipinski definition) is 2. The summed E-state index contributed by atoms with van der Waals surface area (Å²) in [5.74, 6) is 0. The van der Waals surface area contributed by atoms with Gasteiger partial charge in [-0.25, -0.2) is 0 Å². The summed E-state index contributed by atoms with van der Waals surface area (Å²) in [4.78, 5) is 0. The third-order valence-electron chi connectivity index (χ3n) is 4.58. The minimum Gasteiger partial charge on any atom is -0.348 e. The molecule has 0 saturated carbocycles. The fourth-order valence-corrected chi connectivity index (χ4v) is 3.42. The van der Waals surface area contributed by atoms with Crippen LogP contribution in [0.15, 0.2) is 18.5 Å². The molecule has 0 fully saturated rings. The van der Waals surface area contributed by atoms with Gasteiger partial charge in [-0.05, 0) is 56.8 Å². The maximum absolute atomic E-state index is 4.65. The van der Waals surface area contributed by atoms with Crippen molar-refractivity contribution in [3.05, 3.63) is 41.0 Å². The molecule has 0 spiro atoms. The highest BCUT2D eigenvalue weighted by Crippen LogP contribution is 2.30. The molecule has 1 atom stereocenters. The quantitative estimate of drug-likeness (QED) is 0.917. The molecular formula is C17H26N4. The first-order chi connectivity index (χ1) is 10.2. The summed E-state index contributed by atoms with van der Waals surface area (Å²) in [6.07, 6.45) is 9.42. The summed E-state index contributed by atoms with van der Waals surface area (Å²) < 4.78 is 4.47. The fraction of sp³-hybridized carbons (Fsp3) is 0.588. The predicted octanol–water partition coefficient (Wildman–Crippen LogP) is 2.91. The first kappa shape index (κ1) is 14.4. The van der Waals surface area contributed by atoms with Crippen molar-refractivity contribution in [2.45, 2.75) is 58.7 Å². The van der Waals surface area contributed by atoms with Gasteiger partial charge in [0.1, 0.15) is 0 Å². The normalized spacial score (nSPS) is 18.0. The van der Waals surface area contributed by atoms with Gasteiger partial charge in [-0.1, -0.05) is 6.92 Å². The highest BCUT2D eigenvalue weighted by Gasteiger charge is 2.20. The molecule has 2 aromatic rings. The molecule has 2 aromatic heterocycles. The van der Waals surface area contributed by atoms with Gasteiger partial charge in [-0.15, -0.1) is 0 Å². The van der Waals surface area contributed by atoms with E-state index in [4.69, 9.17) is 0 Å². The summed E-state index contributed by atoms with van der Waals surface area (Å²) in [7, 11) is 2.07. The molecule has 114 valence electrons. The van der Waals surface area contributed by atoms with Gasteiger partial charge in [0.2, 0.25) is 0 Å². The van der Waals surface area contributed by atoms with Gasteiger partial charge in [0.05, 0.1) is 17.9 Å². The minimum atomic E-state index is 0.525. The van der Waals surface area contributed by atoms with Gasteiger partial charge >= 0.3 is 0 Å². The number of aromatic nitrogens is 3. The van der Waals surface area contributed by atoms with Crippen LogP contribution < -0.4 is 5.32 Å². The number of fused-ring (bicyclic) bond motifs is 1. The number of rotatable bonds is 5. The SMILES string of the molecule is CCc1cc(Cn2cc3c(c2)C(NC)CCC3)n(CC)n1. The second-order valence-corrected chi connectivity index (χ2v) is 5.94. The first-order valence-electron chi connectivity index (χ1n) is 8.16. The van der Waals surface area contributed by atoms with E-state index in [1.807, 2.05) is 0 Å². The van der Waals surface area contributed by atoms with Crippen LogP contribution in [0.25, 0.3) is 0 Å². The van der Waals surface area contributed by atoms with Crippen LogP contribution in [0, 0.1) is 0 Å². The van der Waals surface area contributed by atoms with Crippen molar-refractivity contribution >= 4 is 0 Å². The van der Waals surface area contributed by atoms with Crippen LogP contribution in [0.4, 0.5) is 0 Å². The fourth-order valence-electron chi connectivity index (χ4n) is 3.42. The van der Waals surface area contributed by atoms with Gasteiger partial charge in [0, 0.05) is 25.0 Å². The highest BCUT2D eigenvalue weighted by atomic mass is 15.3. The second-order valence-electron chi connectivity index (χ2n) is 5.94. The molecular weight excluding hydrogens is 260 g/mol. The largest absolute Gasteiger partial charge is 0.348 e. The van der Waals surface area contributed by atoms with E-state index < -0.39 is 0 Å². The van der Waals surface area contributed by atoms with Crippen LogP contribution in [-0.2, 0) is 25.9 Å². The zero-order valence-corrected chi connectivity index (χ0v) is 13.4. The maximum atomic E-state index is 4.65. The number of hydrogen-bond donors (Lipinski definition) is 1. The van der Waals surface area contributed by atoms with Gasteiger partial charge in [-0.2, -0.15) is 5.10 Å². The molecule has 1 N–H and O–H groups in total. The van der Waals surface area contributed by atoms with Crippen LogP contribution in [0.2, 0.25) is 0 Å². The Morgan fingerprint density at radius 2 is 2.19 bits per heavy atom. The lowest BCUT2D eigenvalue weighted by Crippen LogP contribution is -2.20. The van der Waals surface area contributed by atoms with Gasteiger partial charge in [-0.3, -0.25) is 4.68 Å². The molecule has 4 heteroatoms. The van der Waals surface area contributed by atoms with Crippen LogP contribution in [0.1, 0.15) is 55.2 Å². The van der Waals surface area contributed by atoms with Crippen molar-refractivity contribution < 1.29 is 0 Å². The molecule has 0 aliphatic heterocycles. The second kappa shape index (κ2) is 6.06. The molecule has 1 aliphatic rings. The van der Waals surface area contributed by atoms with Crippen LogP contribution in [-0.4, -0.2) is 21.4 Å². The predicted molar refractivity (Wildman–Crippen MR) is 85.6 cm³/mol. The van der Waals surface area contributed by atoms with E-state index in [0.29, 0.717) is 6.04 Å². The lowest BCUT2D eigenvalue weighted by Gasteiger charge is -2.21. The van der Waals surface area contributed by atoms with E-state index in [9.17, 15) is 0 Å². The van der Waals surface area contributed by atoms with E-state index in [2.05, 4.69) is 59.0 Å². The van der Waals surface area contributed by atoms with Crippen molar-refractivity contribution in [1.29, 1.82) is 0 Å². The van der Waals surface area contributed by atoms with Crippen LogP contribution in [0.3, 0.4) is 0 Å². The van der Waals surface area contributed by atoms with Crippen molar-refractivity contribution in [1.82, 2.24) is 19.7 Å². The molecule has 4 nitrogen and oxygen atoms in total. The summed E-state index contributed by atoms with van der Waals surface area (Å²) in [5.41, 5.74) is 5.50. The summed E-state index contributed by atoms with van der Waals surface area (Å²) in [6.45, 7) is 6.19. The van der Waals surface area contributed by atoms with Crippen LogP contribution >= 0.6 is 0 Å². The van der Waals surface area contributed by atoms with E-state index in [0.717, 1.165) is 19.5 Å². The third-order valence-corrected chi connectivity index (χ3v) is 4.58. The molecule has 1 unspecified atom stereocenters. The number of aryl methyl sites for hydroxylation is 3. The maximum Gasteiger partial charge on any atom is 0.0639 e. The molecule has 0 bridgehead atoms. The van der Waals surface area contributed by atoms with Crippen molar-refractivity contribution in [3.63, 3.8) is 0 Å². The first-order valence-corrected chi connectivity index (χ1v) is 8.16. The van der Waals surface area contributed by atoms with Crippen LogP contribution in [0.5, 0.6) is 0 Å². The highest BCUT2D eigenvalue weighted by molar-refractivity contribution is 5.30. The number of nitrogens with one attached hydrogen (secondary N) is 1. The van der Waals surface area contributed by atoms with Gasteiger partial charge < -0.3 is 9.88 Å². The monoisotopic (exact) mass is 286 g/mol. The van der Waals surface area contributed by atoms with E-state index in [1.165, 1.54) is 41.8 Å². The smallest absolute Gasteiger partial charge is 0.0639 e. The van der Waals surface area contributed by atoms with E-state index in [-0.39, 0.29) is 0 Å². The average molecular weight is 286 g/mol. The Morgan fingerprint density at radius 3 is 2.90 bits per heavy atom. The van der Waals surface area contributed by atoms with Crippen molar-refractivity contribution in [2.24, 2.45) is 0 Å². The average Bonchev–Trinajstić information content (AvgIpc) is 3.09. The number of nitrogens with zero attached hydrogens (tertiary/aromatic N) is 3. The molecule has 2 heterocycles. The lowest BCUT2D eigenvalue weighted by molar-refractivity contribution is 0.498. The van der Waals surface area contributed by atoms with Gasteiger partial charge in [0.15, 0.2) is 0 Å². The Labute approximate surface area is 127 Å². The summed E-state index contributed by atoms with van der Waals surface area (Å²) in [6, 6.07) is 2.77. The molecule has 0 radical (unpaired) electrons. The standard InChI is InChI=1S/C17H26N4/c1-4-14-9-15(21(5-2)19-14)11-20-10-13-7-6-8-17(18-3)16(13)12-20/h9-10,12,17-18H,4-8,11H2,1-3H3. The molecule has 1 aliphatic carbocycles. The summed E-state index contributed by atoms with van der Waals surface area (Å²) >= 11 is 0.